The van der Waals surface area contributed by atoms with Crippen LogP contribution in [0.15, 0.2) is 23.1 Å². The molecule has 0 bridgehead atoms. The minimum Gasteiger partial charge on any atom is -0.376 e. The second-order valence-corrected chi connectivity index (χ2v) is 8.12. The van der Waals surface area contributed by atoms with Gasteiger partial charge in [-0.3, -0.25) is 10.1 Å². The number of hydrogen-bond acceptors (Lipinski definition) is 5. The Hall–Kier alpha value is -2.09. The highest BCUT2D eigenvalue weighted by atomic mass is 32.2. The van der Waals surface area contributed by atoms with Gasteiger partial charge in [0.15, 0.2) is 9.84 Å². The minimum absolute atomic E-state index is 0.119. The average molecular weight is 353 g/mol. The standard InChI is InChI=1S/C16H23N3O4S/c1-11-7-8-13(24(2,22)23)9-14(11)17-10-15(20)19-16(21)18-12-5-3-4-6-12/h7-9,12,17H,3-6,10H2,1-2H3,(H2,18,19,20,21). The lowest BCUT2D eigenvalue weighted by molar-refractivity contribution is -0.118. The number of urea groups is 1. The maximum absolute atomic E-state index is 11.8. The lowest BCUT2D eigenvalue weighted by Crippen LogP contribution is -2.45. The van der Waals surface area contributed by atoms with Crippen LogP contribution in [0.3, 0.4) is 0 Å². The summed E-state index contributed by atoms with van der Waals surface area (Å²) in [5.41, 5.74) is 1.36. The van der Waals surface area contributed by atoms with E-state index in [0.29, 0.717) is 5.69 Å². The largest absolute Gasteiger partial charge is 0.376 e. The zero-order valence-electron chi connectivity index (χ0n) is 13.9. The predicted octanol–water partition coefficient (Wildman–Crippen LogP) is 1.58. The third-order valence-corrected chi connectivity index (χ3v) is 5.13. The number of amides is 3. The Morgan fingerprint density at radius 3 is 2.50 bits per heavy atom. The highest BCUT2D eigenvalue weighted by molar-refractivity contribution is 7.90. The van der Waals surface area contributed by atoms with Crippen LogP contribution in [0.5, 0.6) is 0 Å². The molecule has 132 valence electrons. The van der Waals surface area contributed by atoms with E-state index >= 15 is 0 Å². The van der Waals surface area contributed by atoms with Gasteiger partial charge < -0.3 is 10.6 Å². The lowest BCUT2D eigenvalue weighted by atomic mass is 10.2. The van der Waals surface area contributed by atoms with E-state index in [-0.39, 0.29) is 17.5 Å². The van der Waals surface area contributed by atoms with Crippen LogP contribution in [-0.2, 0) is 14.6 Å². The van der Waals surface area contributed by atoms with Gasteiger partial charge in [-0.1, -0.05) is 18.9 Å². The van der Waals surface area contributed by atoms with Gasteiger partial charge >= 0.3 is 6.03 Å². The van der Waals surface area contributed by atoms with Crippen LogP contribution in [-0.4, -0.2) is 39.2 Å². The number of benzene rings is 1. The first-order chi connectivity index (χ1) is 11.3. The number of rotatable bonds is 5. The van der Waals surface area contributed by atoms with Gasteiger partial charge in [0.05, 0.1) is 11.4 Å². The van der Waals surface area contributed by atoms with Crippen molar-refractivity contribution in [3.05, 3.63) is 23.8 Å². The summed E-state index contributed by atoms with van der Waals surface area (Å²) in [5, 5.41) is 7.91. The first-order valence-corrected chi connectivity index (χ1v) is 9.80. The van der Waals surface area contributed by atoms with E-state index in [1.165, 1.54) is 12.1 Å². The van der Waals surface area contributed by atoms with Crippen molar-refractivity contribution < 1.29 is 18.0 Å². The summed E-state index contributed by atoms with van der Waals surface area (Å²) >= 11 is 0. The van der Waals surface area contributed by atoms with Crippen LogP contribution < -0.4 is 16.0 Å². The number of nitrogens with one attached hydrogen (secondary N) is 3. The van der Waals surface area contributed by atoms with Crippen molar-refractivity contribution in [1.82, 2.24) is 10.6 Å². The fourth-order valence-electron chi connectivity index (χ4n) is 2.66. The Morgan fingerprint density at radius 1 is 1.21 bits per heavy atom. The van der Waals surface area contributed by atoms with E-state index in [1.807, 2.05) is 0 Å². The van der Waals surface area contributed by atoms with Crippen LogP contribution >= 0.6 is 0 Å². The van der Waals surface area contributed by atoms with E-state index in [0.717, 1.165) is 37.5 Å². The Bertz CT molecular complexity index is 725. The van der Waals surface area contributed by atoms with Crippen molar-refractivity contribution in [2.24, 2.45) is 0 Å². The molecule has 0 radical (unpaired) electrons. The highest BCUT2D eigenvalue weighted by Gasteiger charge is 2.18. The molecule has 3 amide bonds. The molecule has 24 heavy (non-hydrogen) atoms. The first-order valence-electron chi connectivity index (χ1n) is 7.90. The summed E-state index contributed by atoms with van der Waals surface area (Å²) in [5.74, 6) is -0.477. The second-order valence-electron chi connectivity index (χ2n) is 6.11. The molecule has 8 heteroatoms. The molecule has 1 saturated carbocycles. The molecule has 1 aliphatic rings. The minimum atomic E-state index is -3.32. The van der Waals surface area contributed by atoms with Crippen molar-refractivity contribution in [3.63, 3.8) is 0 Å². The number of carbonyl (C=O) groups excluding carboxylic acids is 2. The van der Waals surface area contributed by atoms with Crippen molar-refractivity contribution >= 4 is 27.5 Å². The van der Waals surface area contributed by atoms with Gasteiger partial charge in [-0.2, -0.15) is 0 Å². The molecule has 7 nitrogen and oxygen atoms in total. The van der Waals surface area contributed by atoms with E-state index in [9.17, 15) is 18.0 Å². The summed E-state index contributed by atoms with van der Waals surface area (Å²) in [7, 11) is -3.32. The smallest absolute Gasteiger partial charge is 0.321 e. The molecular formula is C16H23N3O4S. The zero-order valence-corrected chi connectivity index (χ0v) is 14.7. The van der Waals surface area contributed by atoms with E-state index in [1.54, 1.807) is 13.0 Å². The average Bonchev–Trinajstić information content (AvgIpc) is 2.97. The monoisotopic (exact) mass is 353 g/mol. The number of anilines is 1. The predicted molar refractivity (Wildman–Crippen MR) is 91.7 cm³/mol. The summed E-state index contributed by atoms with van der Waals surface area (Å²) in [6.07, 6.45) is 5.20. The summed E-state index contributed by atoms with van der Waals surface area (Å²) in [6, 6.07) is 4.32. The summed E-state index contributed by atoms with van der Waals surface area (Å²) in [6.45, 7) is 1.69. The molecule has 2 rings (SSSR count). The van der Waals surface area contributed by atoms with Crippen molar-refractivity contribution in [1.29, 1.82) is 0 Å². The second kappa shape index (κ2) is 7.65. The van der Waals surface area contributed by atoms with Gasteiger partial charge in [-0.05, 0) is 37.5 Å². The van der Waals surface area contributed by atoms with E-state index in [2.05, 4.69) is 16.0 Å². The van der Waals surface area contributed by atoms with Crippen LogP contribution in [0.2, 0.25) is 0 Å². The zero-order chi connectivity index (χ0) is 17.7. The fraction of sp³-hybridized carbons (Fsp3) is 0.500. The van der Waals surface area contributed by atoms with Crippen LogP contribution in [0.25, 0.3) is 0 Å². The topological polar surface area (TPSA) is 104 Å². The number of imide groups is 1. The Morgan fingerprint density at radius 2 is 1.88 bits per heavy atom. The molecular weight excluding hydrogens is 330 g/mol. The van der Waals surface area contributed by atoms with E-state index in [4.69, 9.17) is 0 Å². The number of hydrogen-bond donors (Lipinski definition) is 3. The number of aryl methyl sites for hydroxylation is 1. The summed E-state index contributed by atoms with van der Waals surface area (Å²) in [4.78, 5) is 23.7. The third-order valence-electron chi connectivity index (χ3n) is 4.02. The number of carbonyl (C=O) groups is 2. The van der Waals surface area contributed by atoms with Gasteiger partial charge in [-0.15, -0.1) is 0 Å². The van der Waals surface area contributed by atoms with Gasteiger partial charge in [0.2, 0.25) is 5.91 Å². The van der Waals surface area contributed by atoms with E-state index < -0.39 is 21.8 Å². The molecule has 0 aliphatic heterocycles. The van der Waals surface area contributed by atoms with Gasteiger partial charge in [-0.25, -0.2) is 13.2 Å². The van der Waals surface area contributed by atoms with Crippen molar-refractivity contribution in [2.45, 2.75) is 43.5 Å². The molecule has 0 heterocycles. The van der Waals surface area contributed by atoms with Crippen LogP contribution in [0.1, 0.15) is 31.2 Å². The molecule has 3 N–H and O–H groups in total. The maximum Gasteiger partial charge on any atom is 0.321 e. The Labute approximate surface area is 142 Å². The van der Waals surface area contributed by atoms with Crippen molar-refractivity contribution in [3.8, 4) is 0 Å². The molecule has 1 fully saturated rings. The van der Waals surface area contributed by atoms with Gasteiger partial charge in [0.25, 0.3) is 0 Å². The van der Waals surface area contributed by atoms with Gasteiger partial charge in [0.1, 0.15) is 0 Å². The quantitative estimate of drug-likeness (QED) is 0.745. The first kappa shape index (κ1) is 18.3. The molecule has 0 spiro atoms. The Kier molecular flexibility index (Phi) is 5.82. The third kappa shape index (κ3) is 5.23. The molecule has 0 unspecified atom stereocenters. The highest BCUT2D eigenvalue weighted by Crippen LogP contribution is 2.20. The molecule has 1 aromatic rings. The molecule has 1 aliphatic carbocycles. The summed E-state index contributed by atoms with van der Waals surface area (Å²) < 4.78 is 23.2. The molecule has 1 aromatic carbocycles. The normalized spacial score (nSPS) is 15.1. The molecule has 0 atom stereocenters. The van der Waals surface area contributed by atoms with Crippen LogP contribution in [0.4, 0.5) is 10.5 Å². The number of sulfone groups is 1. The lowest BCUT2D eigenvalue weighted by Gasteiger charge is -2.13. The SMILES string of the molecule is Cc1ccc(S(C)(=O)=O)cc1NCC(=O)NC(=O)NC1CCCC1. The van der Waals surface area contributed by atoms with Crippen molar-refractivity contribution in [2.75, 3.05) is 18.1 Å². The molecule has 0 saturated heterocycles. The van der Waals surface area contributed by atoms with Gasteiger partial charge in [0, 0.05) is 18.0 Å². The maximum atomic E-state index is 11.8. The Balaban J connectivity index is 1.88. The fourth-order valence-corrected chi connectivity index (χ4v) is 3.31. The van der Waals surface area contributed by atoms with Crippen LogP contribution in [0, 0.1) is 6.92 Å². The molecule has 0 aromatic heterocycles.